The second-order valence-electron chi connectivity index (χ2n) is 6.38. The number of carbonyl (C=O) groups is 1. The number of rotatable bonds is 4. The normalized spacial score (nSPS) is 27.0. The summed E-state index contributed by atoms with van der Waals surface area (Å²) >= 11 is 0. The fraction of sp³-hybridized carbons (Fsp3) is 0.562. The summed E-state index contributed by atoms with van der Waals surface area (Å²) in [6.45, 7) is 0.220. The minimum atomic E-state index is -4.46. The number of halogens is 1. The summed E-state index contributed by atoms with van der Waals surface area (Å²) in [7, 11) is -4.46. The van der Waals surface area contributed by atoms with Crippen LogP contribution in [0, 0.1) is 5.92 Å². The molecule has 1 amide bonds. The van der Waals surface area contributed by atoms with Crippen LogP contribution in [0.25, 0.3) is 0 Å². The Labute approximate surface area is 135 Å². The molecule has 5 nitrogen and oxygen atoms in total. The molecule has 0 saturated carbocycles. The van der Waals surface area contributed by atoms with Crippen molar-refractivity contribution in [2.75, 3.05) is 5.75 Å². The van der Waals surface area contributed by atoms with Crippen LogP contribution >= 0.6 is 0 Å². The van der Waals surface area contributed by atoms with Crippen molar-refractivity contribution in [1.29, 1.82) is 0 Å². The maximum Gasteiger partial charge on any atom is 0.410 e. The second kappa shape index (κ2) is 6.47. The zero-order chi connectivity index (χ0) is 16.4. The van der Waals surface area contributed by atoms with E-state index in [1.165, 1.54) is 0 Å². The predicted octanol–water partition coefficient (Wildman–Crippen LogP) is 2.87. The Morgan fingerprint density at radius 3 is 2.35 bits per heavy atom. The van der Waals surface area contributed by atoms with Gasteiger partial charge in [0.1, 0.15) is 6.61 Å². The quantitative estimate of drug-likeness (QED) is 0.790. The summed E-state index contributed by atoms with van der Waals surface area (Å²) in [4.78, 5) is 14.1. The van der Waals surface area contributed by atoms with Crippen LogP contribution in [-0.2, 0) is 21.6 Å². The van der Waals surface area contributed by atoms with Crippen molar-refractivity contribution < 1.29 is 21.8 Å². The lowest BCUT2D eigenvalue weighted by Crippen LogP contribution is -2.47. The van der Waals surface area contributed by atoms with Crippen molar-refractivity contribution in [3.63, 3.8) is 0 Å². The van der Waals surface area contributed by atoms with Crippen LogP contribution in [0.1, 0.15) is 31.2 Å². The molecule has 2 saturated heterocycles. The molecule has 0 N–H and O–H groups in total. The monoisotopic (exact) mass is 341 g/mol. The Morgan fingerprint density at radius 2 is 1.78 bits per heavy atom. The number of piperidine rings is 1. The van der Waals surface area contributed by atoms with Crippen LogP contribution in [-0.4, -0.2) is 37.2 Å². The van der Waals surface area contributed by atoms with Gasteiger partial charge in [0.25, 0.3) is 0 Å². The predicted molar refractivity (Wildman–Crippen MR) is 82.9 cm³/mol. The van der Waals surface area contributed by atoms with Gasteiger partial charge < -0.3 is 9.64 Å². The van der Waals surface area contributed by atoms with Crippen molar-refractivity contribution in [3.8, 4) is 0 Å². The largest absolute Gasteiger partial charge is 0.445 e. The van der Waals surface area contributed by atoms with Crippen LogP contribution in [0.3, 0.4) is 0 Å². The molecule has 0 aliphatic carbocycles. The highest BCUT2D eigenvalue weighted by atomic mass is 32.3. The average Bonchev–Trinajstić information content (AvgIpc) is 2.76. The third-order valence-corrected chi connectivity index (χ3v) is 5.55. The molecule has 2 atom stereocenters. The average molecular weight is 341 g/mol. The van der Waals surface area contributed by atoms with E-state index in [0.29, 0.717) is 12.8 Å². The Hall–Kier alpha value is -1.63. The third-order valence-electron chi connectivity index (χ3n) is 4.68. The number of fused-ring (bicyclic) bond motifs is 2. The topological polar surface area (TPSA) is 63.7 Å². The van der Waals surface area contributed by atoms with Crippen molar-refractivity contribution in [2.45, 2.75) is 44.4 Å². The number of nitrogens with zero attached hydrogens (tertiary/aromatic N) is 1. The molecule has 0 aromatic heterocycles. The summed E-state index contributed by atoms with van der Waals surface area (Å²) in [5.41, 5.74) is 0.923. The molecule has 1 aromatic carbocycles. The lowest BCUT2D eigenvalue weighted by molar-refractivity contribution is 0.0556. The van der Waals surface area contributed by atoms with Gasteiger partial charge in [0.15, 0.2) is 0 Å². The third kappa shape index (κ3) is 4.02. The van der Waals surface area contributed by atoms with Gasteiger partial charge in [0.05, 0.1) is 5.75 Å². The number of hydrogen-bond donors (Lipinski definition) is 0. The molecule has 2 aliphatic rings. The van der Waals surface area contributed by atoms with Gasteiger partial charge in [-0.2, -0.15) is 8.42 Å². The van der Waals surface area contributed by atoms with E-state index in [9.17, 15) is 17.1 Å². The molecule has 2 heterocycles. The summed E-state index contributed by atoms with van der Waals surface area (Å²) in [5.74, 6) is -0.645. The molecule has 2 unspecified atom stereocenters. The van der Waals surface area contributed by atoms with Crippen molar-refractivity contribution in [1.82, 2.24) is 4.90 Å². The van der Waals surface area contributed by atoms with E-state index < -0.39 is 16.0 Å². The molecule has 0 spiro atoms. The van der Waals surface area contributed by atoms with Gasteiger partial charge in [0.2, 0.25) is 0 Å². The summed E-state index contributed by atoms with van der Waals surface area (Å²) in [5, 5.41) is 0. The molecule has 2 fully saturated rings. The maximum atomic E-state index is 12.9. The first kappa shape index (κ1) is 16.2. The zero-order valence-corrected chi connectivity index (χ0v) is 13.5. The van der Waals surface area contributed by atoms with Crippen LogP contribution in [0.15, 0.2) is 30.3 Å². The van der Waals surface area contributed by atoms with Gasteiger partial charge in [-0.05, 0) is 37.2 Å². The number of ether oxygens (including phenoxy) is 1. The van der Waals surface area contributed by atoms with Crippen molar-refractivity contribution >= 4 is 16.3 Å². The van der Waals surface area contributed by atoms with E-state index in [1.807, 2.05) is 30.3 Å². The van der Waals surface area contributed by atoms with E-state index in [1.54, 1.807) is 4.90 Å². The molecule has 7 heteroatoms. The number of carbonyl (C=O) groups excluding carboxylic acids is 1. The van der Waals surface area contributed by atoms with E-state index in [2.05, 4.69) is 0 Å². The maximum absolute atomic E-state index is 12.9. The van der Waals surface area contributed by atoms with Crippen molar-refractivity contribution in [3.05, 3.63) is 35.9 Å². The molecule has 23 heavy (non-hydrogen) atoms. The van der Waals surface area contributed by atoms with Crippen LogP contribution in [0.2, 0.25) is 0 Å². The van der Waals surface area contributed by atoms with Crippen LogP contribution in [0.4, 0.5) is 8.68 Å². The fourth-order valence-electron chi connectivity index (χ4n) is 3.80. The van der Waals surface area contributed by atoms with Crippen LogP contribution < -0.4 is 0 Å². The van der Waals surface area contributed by atoms with Gasteiger partial charge in [-0.15, -0.1) is 3.89 Å². The van der Waals surface area contributed by atoms with E-state index in [4.69, 9.17) is 4.74 Å². The Morgan fingerprint density at radius 1 is 1.17 bits per heavy atom. The Balaban J connectivity index is 1.58. The standard InChI is InChI=1S/C16H20FNO4S/c17-23(20,21)11-13-8-14-6-7-15(9-13)18(14)16(19)22-10-12-4-2-1-3-5-12/h1-5,13-15H,6-11H2. The van der Waals surface area contributed by atoms with E-state index in [0.717, 1.165) is 18.4 Å². The van der Waals surface area contributed by atoms with E-state index in [-0.39, 0.29) is 30.7 Å². The molecular formula is C16H20FNO4S. The van der Waals surface area contributed by atoms with Gasteiger partial charge in [-0.3, -0.25) is 0 Å². The molecule has 0 radical (unpaired) electrons. The lowest BCUT2D eigenvalue weighted by Gasteiger charge is -2.37. The van der Waals surface area contributed by atoms with Gasteiger partial charge in [-0.25, -0.2) is 4.79 Å². The van der Waals surface area contributed by atoms with Gasteiger partial charge >= 0.3 is 16.3 Å². The highest BCUT2D eigenvalue weighted by Crippen LogP contribution is 2.39. The SMILES string of the molecule is O=C(OCc1ccccc1)N1C2CCC1CC(CS(=O)(=O)F)C2. The minimum Gasteiger partial charge on any atom is -0.445 e. The first-order chi connectivity index (χ1) is 10.9. The number of benzene rings is 1. The zero-order valence-electron chi connectivity index (χ0n) is 12.7. The number of hydrogen-bond acceptors (Lipinski definition) is 4. The molecule has 126 valence electrons. The van der Waals surface area contributed by atoms with E-state index >= 15 is 0 Å². The second-order valence-corrected chi connectivity index (χ2v) is 7.79. The molecule has 2 aliphatic heterocycles. The number of amides is 1. The van der Waals surface area contributed by atoms with Crippen molar-refractivity contribution in [2.24, 2.45) is 5.92 Å². The summed E-state index contributed by atoms with van der Waals surface area (Å²) in [6.07, 6.45) is 2.35. The summed E-state index contributed by atoms with van der Waals surface area (Å²) in [6, 6.07) is 9.37. The smallest absolute Gasteiger partial charge is 0.410 e. The molecular weight excluding hydrogens is 321 g/mol. The lowest BCUT2D eigenvalue weighted by atomic mass is 9.92. The van der Waals surface area contributed by atoms with Gasteiger partial charge in [-0.1, -0.05) is 30.3 Å². The molecule has 2 bridgehead atoms. The first-order valence-electron chi connectivity index (χ1n) is 7.84. The highest BCUT2D eigenvalue weighted by molar-refractivity contribution is 7.86. The molecule has 3 rings (SSSR count). The first-order valence-corrected chi connectivity index (χ1v) is 9.39. The van der Waals surface area contributed by atoms with Gasteiger partial charge in [0, 0.05) is 12.1 Å². The Bertz CT molecular complexity index is 650. The highest BCUT2D eigenvalue weighted by Gasteiger charge is 2.44. The minimum absolute atomic E-state index is 0.0382. The van der Waals surface area contributed by atoms with Crippen LogP contribution in [0.5, 0.6) is 0 Å². The Kier molecular flexibility index (Phi) is 4.57. The molecule has 1 aromatic rings. The summed E-state index contributed by atoms with van der Waals surface area (Å²) < 4.78 is 39.9. The fourth-order valence-corrected chi connectivity index (χ4v) is 4.63.